The quantitative estimate of drug-likeness (QED) is 0.774. The second-order valence-electron chi connectivity index (χ2n) is 4.55. The largest absolute Gasteiger partial charge is 0.369 e. The third-order valence-electron chi connectivity index (χ3n) is 3.07. The smallest absolute Gasteiger partial charge is 0.236 e. The minimum Gasteiger partial charge on any atom is -0.369 e. The van der Waals surface area contributed by atoms with E-state index in [2.05, 4.69) is 15.6 Å². The average Bonchev–Trinajstić information content (AvgIpc) is 2.94. The zero-order valence-corrected chi connectivity index (χ0v) is 11.6. The lowest BCUT2D eigenvalue weighted by atomic mass is 10.4. The number of anilines is 1. The van der Waals surface area contributed by atoms with Gasteiger partial charge in [0.25, 0.3) is 0 Å². The molecule has 1 aliphatic rings. The second-order valence-corrected chi connectivity index (χ2v) is 4.99. The summed E-state index contributed by atoms with van der Waals surface area (Å²) in [6, 6.07) is 3.62. The molecule has 1 fully saturated rings. The third kappa shape index (κ3) is 4.69. The van der Waals surface area contributed by atoms with Gasteiger partial charge in [-0.15, -0.1) is 0 Å². The summed E-state index contributed by atoms with van der Waals surface area (Å²) in [5.41, 5.74) is 0. The number of pyridine rings is 1. The van der Waals surface area contributed by atoms with Crippen molar-refractivity contribution in [3.63, 3.8) is 0 Å². The second kappa shape index (κ2) is 7.31. The van der Waals surface area contributed by atoms with Gasteiger partial charge in [0.15, 0.2) is 0 Å². The molecule has 5 nitrogen and oxygen atoms in total. The first-order chi connectivity index (χ1) is 9.25. The summed E-state index contributed by atoms with van der Waals surface area (Å²) in [7, 11) is 0. The number of carbonyl (C=O) groups is 1. The van der Waals surface area contributed by atoms with E-state index < -0.39 is 0 Å². The number of nitrogens with zero attached hydrogens (tertiary/aromatic N) is 2. The lowest BCUT2D eigenvalue weighted by Gasteiger charge is -2.15. The van der Waals surface area contributed by atoms with Gasteiger partial charge in [-0.2, -0.15) is 0 Å². The lowest BCUT2D eigenvalue weighted by Crippen LogP contribution is -2.37. The van der Waals surface area contributed by atoms with E-state index in [1.165, 1.54) is 0 Å². The summed E-state index contributed by atoms with van der Waals surface area (Å²) in [6.07, 6.45) is 3.87. The van der Waals surface area contributed by atoms with Crippen molar-refractivity contribution in [1.82, 2.24) is 15.2 Å². The Morgan fingerprint density at radius 3 is 2.79 bits per heavy atom. The van der Waals surface area contributed by atoms with Crippen LogP contribution in [0.25, 0.3) is 0 Å². The Kier molecular flexibility index (Phi) is 5.42. The number of aromatic nitrogens is 1. The van der Waals surface area contributed by atoms with E-state index >= 15 is 0 Å². The summed E-state index contributed by atoms with van der Waals surface area (Å²) in [5.74, 6) is 0.985. The van der Waals surface area contributed by atoms with Gasteiger partial charge < -0.3 is 15.5 Å². The van der Waals surface area contributed by atoms with Gasteiger partial charge in [0.05, 0.1) is 11.6 Å². The number of nitrogens with one attached hydrogen (secondary N) is 2. The van der Waals surface area contributed by atoms with Crippen molar-refractivity contribution >= 4 is 23.3 Å². The maximum Gasteiger partial charge on any atom is 0.236 e. The van der Waals surface area contributed by atoms with Gasteiger partial charge in [-0.05, 0) is 25.0 Å². The molecular formula is C13H19ClN4O. The molecule has 0 radical (unpaired) electrons. The predicted octanol–water partition coefficient (Wildman–Crippen LogP) is 1.36. The molecule has 1 saturated heterocycles. The highest BCUT2D eigenvalue weighted by molar-refractivity contribution is 6.30. The molecule has 0 aliphatic carbocycles. The maximum absolute atomic E-state index is 11.7. The van der Waals surface area contributed by atoms with Crippen molar-refractivity contribution in [1.29, 1.82) is 0 Å². The molecule has 0 saturated carbocycles. The van der Waals surface area contributed by atoms with Gasteiger partial charge >= 0.3 is 0 Å². The van der Waals surface area contributed by atoms with Crippen LogP contribution < -0.4 is 10.6 Å². The van der Waals surface area contributed by atoms with Crippen molar-refractivity contribution in [2.75, 3.05) is 38.0 Å². The average molecular weight is 283 g/mol. The van der Waals surface area contributed by atoms with E-state index in [1.807, 2.05) is 11.0 Å². The Balaban J connectivity index is 1.56. The number of carbonyl (C=O) groups excluding carboxylic acids is 1. The summed E-state index contributed by atoms with van der Waals surface area (Å²) in [5, 5.41) is 6.92. The third-order valence-corrected chi connectivity index (χ3v) is 3.29. The van der Waals surface area contributed by atoms with Crippen LogP contribution >= 0.6 is 11.6 Å². The molecule has 1 amide bonds. The molecular weight excluding hydrogens is 264 g/mol. The van der Waals surface area contributed by atoms with Crippen molar-refractivity contribution in [2.45, 2.75) is 12.8 Å². The molecule has 0 aromatic carbocycles. The predicted molar refractivity (Wildman–Crippen MR) is 76.4 cm³/mol. The minimum atomic E-state index is 0.196. The maximum atomic E-state index is 11.7. The van der Waals surface area contributed by atoms with E-state index in [4.69, 9.17) is 11.6 Å². The molecule has 0 bridgehead atoms. The summed E-state index contributed by atoms with van der Waals surface area (Å²) < 4.78 is 0. The monoisotopic (exact) mass is 282 g/mol. The van der Waals surface area contributed by atoms with E-state index in [1.54, 1.807) is 12.3 Å². The first-order valence-corrected chi connectivity index (χ1v) is 6.97. The summed E-state index contributed by atoms with van der Waals surface area (Å²) in [6.45, 7) is 3.68. The number of rotatable bonds is 6. The Bertz CT molecular complexity index is 404. The standard InChI is InChI=1S/C13H19ClN4O/c14-11-3-4-12(17-9-11)16-6-5-15-10-13(19)18-7-1-2-8-18/h3-4,9,15H,1-2,5-8,10H2,(H,16,17). The number of likely N-dealkylation sites (tertiary alicyclic amines) is 1. The molecule has 2 rings (SSSR count). The minimum absolute atomic E-state index is 0.196. The fourth-order valence-electron chi connectivity index (χ4n) is 2.03. The Labute approximate surface area is 118 Å². The molecule has 0 spiro atoms. The van der Waals surface area contributed by atoms with Crippen LogP contribution in [0.4, 0.5) is 5.82 Å². The first-order valence-electron chi connectivity index (χ1n) is 6.59. The highest BCUT2D eigenvalue weighted by atomic mass is 35.5. The molecule has 2 heterocycles. The number of hydrogen-bond acceptors (Lipinski definition) is 4. The first kappa shape index (κ1) is 14.1. The van der Waals surface area contributed by atoms with Crippen LogP contribution in [0.5, 0.6) is 0 Å². The van der Waals surface area contributed by atoms with Gasteiger partial charge in [-0.1, -0.05) is 11.6 Å². The Hall–Kier alpha value is -1.33. The molecule has 1 aromatic rings. The number of hydrogen-bond donors (Lipinski definition) is 2. The normalized spacial score (nSPS) is 14.7. The zero-order valence-electron chi connectivity index (χ0n) is 10.9. The van der Waals surface area contributed by atoms with Crippen LogP contribution in [0.3, 0.4) is 0 Å². The Morgan fingerprint density at radius 2 is 2.11 bits per heavy atom. The van der Waals surface area contributed by atoms with Crippen molar-refractivity contribution < 1.29 is 4.79 Å². The lowest BCUT2D eigenvalue weighted by molar-refractivity contribution is -0.129. The van der Waals surface area contributed by atoms with E-state index in [9.17, 15) is 4.79 Å². The van der Waals surface area contributed by atoms with Gasteiger partial charge in [-0.3, -0.25) is 4.79 Å². The van der Waals surface area contributed by atoms with Crippen LogP contribution in [0.2, 0.25) is 5.02 Å². The van der Waals surface area contributed by atoms with Gasteiger partial charge in [0.2, 0.25) is 5.91 Å². The molecule has 104 valence electrons. The fraction of sp³-hybridized carbons (Fsp3) is 0.538. The number of amides is 1. The van der Waals surface area contributed by atoms with Gasteiger partial charge in [-0.25, -0.2) is 4.98 Å². The topological polar surface area (TPSA) is 57.3 Å². The highest BCUT2D eigenvalue weighted by Crippen LogP contribution is 2.09. The molecule has 0 atom stereocenters. The molecule has 19 heavy (non-hydrogen) atoms. The van der Waals surface area contributed by atoms with Crippen LogP contribution in [-0.4, -0.2) is 48.5 Å². The highest BCUT2D eigenvalue weighted by Gasteiger charge is 2.16. The molecule has 6 heteroatoms. The fourth-order valence-corrected chi connectivity index (χ4v) is 2.14. The molecule has 1 aliphatic heterocycles. The van der Waals surface area contributed by atoms with E-state index in [0.29, 0.717) is 11.6 Å². The van der Waals surface area contributed by atoms with Gasteiger partial charge in [0.1, 0.15) is 5.82 Å². The van der Waals surface area contributed by atoms with Crippen molar-refractivity contribution in [3.8, 4) is 0 Å². The van der Waals surface area contributed by atoms with Crippen molar-refractivity contribution in [2.24, 2.45) is 0 Å². The van der Waals surface area contributed by atoms with Crippen LogP contribution in [0.1, 0.15) is 12.8 Å². The zero-order chi connectivity index (χ0) is 13.5. The summed E-state index contributed by atoms with van der Waals surface area (Å²) in [4.78, 5) is 17.8. The SMILES string of the molecule is O=C(CNCCNc1ccc(Cl)cn1)N1CCCC1. The van der Waals surface area contributed by atoms with Crippen LogP contribution in [0.15, 0.2) is 18.3 Å². The molecule has 1 aromatic heterocycles. The molecule has 0 unspecified atom stereocenters. The van der Waals surface area contributed by atoms with Gasteiger partial charge in [0, 0.05) is 32.4 Å². The van der Waals surface area contributed by atoms with Crippen molar-refractivity contribution in [3.05, 3.63) is 23.4 Å². The van der Waals surface area contributed by atoms with Crippen LogP contribution in [-0.2, 0) is 4.79 Å². The molecule has 2 N–H and O–H groups in total. The number of halogens is 1. The summed E-state index contributed by atoms with van der Waals surface area (Å²) >= 11 is 5.75. The van der Waals surface area contributed by atoms with Crippen LogP contribution in [0, 0.1) is 0 Å². The Morgan fingerprint density at radius 1 is 1.32 bits per heavy atom. The van der Waals surface area contributed by atoms with E-state index in [0.717, 1.165) is 44.8 Å². The van der Waals surface area contributed by atoms with E-state index in [-0.39, 0.29) is 5.91 Å².